The van der Waals surface area contributed by atoms with E-state index in [1.165, 1.54) is 0 Å². The molecule has 3 nitrogen and oxygen atoms in total. The SMILES string of the molecule is CO[C@]1(C)[C@H](O)[C@@H](CC(C)C)O[C@H]1C(C)C. The molecule has 0 aromatic heterocycles. The van der Waals surface area contributed by atoms with E-state index in [0.29, 0.717) is 11.8 Å². The van der Waals surface area contributed by atoms with Crippen LogP contribution in [0.15, 0.2) is 0 Å². The van der Waals surface area contributed by atoms with Crippen LogP contribution in [0.4, 0.5) is 0 Å². The molecule has 0 spiro atoms. The molecule has 1 aliphatic rings. The van der Waals surface area contributed by atoms with Gasteiger partial charge in [0.1, 0.15) is 11.7 Å². The van der Waals surface area contributed by atoms with Crippen LogP contribution in [0.5, 0.6) is 0 Å². The fourth-order valence-corrected chi connectivity index (χ4v) is 2.64. The van der Waals surface area contributed by atoms with Crippen molar-refractivity contribution in [2.75, 3.05) is 7.11 Å². The highest BCUT2D eigenvalue weighted by Crippen LogP contribution is 2.39. The molecule has 3 heteroatoms. The van der Waals surface area contributed by atoms with Crippen molar-refractivity contribution < 1.29 is 14.6 Å². The third-order valence-corrected chi connectivity index (χ3v) is 3.57. The summed E-state index contributed by atoms with van der Waals surface area (Å²) in [6.45, 7) is 10.4. The van der Waals surface area contributed by atoms with Crippen LogP contribution in [0, 0.1) is 11.8 Å². The third-order valence-electron chi connectivity index (χ3n) is 3.57. The van der Waals surface area contributed by atoms with Crippen LogP contribution in [0.3, 0.4) is 0 Å². The summed E-state index contributed by atoms with van der Waals surface area (Å²) in [5.74, 6) is 0.864. The highest BCUT2D eigenvalue weighted by atomic mass is 16.6. The van der Waals surface area contributed by atoms with Crippen molar-refractivity contribution in [3.63, 3.8) is 0 Å². The Morgan fingerprint density at radius 3 is 2.19 bits per heavy atom. The minimum absolute atomic E-state index is 0.0313. The van der Waals surface area contributed by atoms with Crippen LogP contribution in [0.1, 0.15) is 41.0 Å². The van der Waals surface area contributed by atoms with Crippen molar-refractivity contribution in [2.24, 2.45) is 11.8 Å². The van der Waals surface area contributed by atoms with E-state index in [-0.39, 0.29) is 12.2 Å². The lowest BCUT2D eigenvalue weighted by atomic mass is 9.85. The van der Waals surface area contributed by atoms with Crippen molar-refractivity contribution in [1.29, 1.82) is 0 Å². The van der Waals surface area contributed by atoms with Gasteiger partial charge in [-0.25, -0.2) is 0 Å². The molecule has 4 atom stereocenters. The molecule has 0 unspecified atom stereocenters. The molecule has 1 rings (SSSR count). The van der Waals surface area contributed by atoms with Crippen molar-refractivity contribution in [3.8, 4) is 0 Å². The molecule has 0 radical (unpaired) electrons. The van der Waals surface area contributed by atoms with E-state index < -0.39 is 11.7 Å². The zero-order valence-corrected chi connectivity index (χ0v) is 11.4. The Kier molecular flexibility index (Phi) is 4.38. The van der Waals surface area contributed by atoms with Crippen LogP contribution in [-0.4, -0.2) is 36.1 Å². The molecule has 0 saturated carbocycles. The summed E-state index contributed by atoms with van der Waals surface area (Å²) in [4.78, 5) is 0. The average molecular weight is 230 g/mol. The first-order chi connectivity index (χ1) is 7.32. The van der Waals surface area contributed by atoms with Crippen molar-refractivity contribution in [1.82, 2.24) is 0 Å². The predicted molar refractivity (Wildman–Crippen MR) is 64.4 cm³/mol. The van der Waals surface area contributed by atoms with Crippen LogP contribution >= 0.6 is 0 Å². The van der Waals surface area contributed by atoms with Crippen LogP contribution in [0.25, 0.3) is 0 Å². The second kappa shape index (κ2) is 5.03. The Balaban J connectivity index is 2.83. The van der Waals surface area contributed by atoms with E-state index in [1.54, 1.807) is 7.11 Å². The Bertz CT molecular complexity index is 227. The van der Waals surface area contributed by atoms with E-state index in [0.717, 1.165) is 6.42 Å². The molecule has 0 aromatic carbocycles. The summed E-state index contributed by atoms with van der Waals surface area (Å²) >= 11 is 0. The van der Waals surface area contributed by atoms with Crippen molar-refractivity contribution >= 4 is 0 Å². The standard InChI is InChI=1S/C13H26O3/c1-8(2)7-10-11(14)13(5,15-6)12(16-10)9(3)4/h8-12,14H,7H2,1-6H3/t10-,11-,12+,13-/m1/s1. The lowest BCUT2D eigenvalue weighted by Gasteiger charge is -2.33. The fraction of sp³-hybridized carbons (Fsp3) is 1.00. The van der Waals surface area contributed by atoms with Gasteiger partial charge in [0.2, 0.25) is 0 Å². The monoisotopic (exact) mass is 230 g/mol. The number of hydrogen-bond acceptors (Lipinski definition) is 3. The molecule has 96 valence electrons. The van der Waals surface area contributed by atoms with Gasteiger partial charge in [0.25, 0.3) is 0 Å². The van der Waals surface area contributed by atoms with Crippen molar-refractivity contribution in [3.05, 3.63) is 0 Å². The maximum absolute atomic E-state index is 10.3. The van der Waals surface area contributed by atoms with E-state index in [9.17, 15) is 5.11 Å². The molecule has 0 bridgehead atoms. The second-order valence-electron chi connectivity index (χ2n) is 5.80. The maximum atomic E-state index is 10.3. The summed E-state index contributed by atoms with van der Waals surface area (Å²) in [6, 6.07) is 0. The van der Waals surface area contributed by atoms with Gasteiger partial charge in [0.15, 0.2) is 0 Å². The van der Waals surface area contributed by atoms with Gasteiger partial charge < -0.3 is 14.6 Å². The average Bonchev–Trinajstić information content (AvgIpc) is 2.43. The minimum Gasteiger partial charge on any atom is -0.387 e. The predicted octanol–water partition coefficient (Wildman–Crippen LogP) is 2.22. The lowest BCUT2D eigenvalue weighted by Crippen LogP contribution is -2.49. The summed E-state index contributed by atoms with van der Waals surface area (Å²) in [7, 11) is 1.65. The summed E-state index contributed by atoms with van der Waals surface area (Å²) in [5.41, 5.74) is -0.576. The number of ether oxygens (including phenoxy) is 2. The summed E-state index contributed by atoms with van der Waals surface area (Å²) in [5, 5.41) is 10.3. The van der Waals surface area contributed by atoms with Gasteiger partial charge in [-0.1, -0.05) is 27.7 Å². The third kappa shape index (κ3) is 2.41. The number of rotatable bonds is 4. The first-order valence-corrected chi connectivity index (χ1v) is 6.21. The van der Waals surface area contributed by atoms with E-state index in [4.69, 9.17) is 9.47 Å². The number of methoxy groups -OCH3 is 1. The van der Waals surface area contributed by atoms with E-state index in [1.807, 2.05) is 6.92 Å². The molecule has 1 fully saturated rings. The van der Waals surface area contributed by atoms with Gasteiger partial charge in [-0.15, -0.1) is 0 Å². The lowest BCUT2D eigenvalue weighted by molar-refractivity contribution is -0.105. The molecule has 16 heavy (non-hydrogen) atoms. The molecule has 1 N–H and O–H groups in total. The molecule has 0 aliphatic carbocycles. The van der Waals surface area contributed by atoms with Gasteiger partial charge in [-0.3, -0.25) is 0 Å². The van der Waals surface area contributed by atoms with Gasteiger partial charge in [-0.2, -0.15) is 0 Å². The summed E-state index contributed by atoms with van der Waals surface area (Å²) < 4.78 is 11.5. The Morgan fingerprint density at radius 1 is 1.31 bits per heavy atom. The Hall–Kier alpha value is -0.120. The molecule has 1 saturated heterocycles. The zero-order valence-electron chi connectivity index (χ0n) is 11.4. The topological polar surface area (TPSA) is 38.7 Å². The van der Waals surface area contributed by atoms with Crippen LogP contribution in [-0.2, 0) is 9.47 Å². The highest BCUT2D eigenvalue weighted by molar-refractivity contribution is 5.03. The summed E-state index contributed by atoms with van der Waals surface area (Å²) in [6.07, 6.45) is 0.212. The quantitative estimate of drug-likeness (QED) is 0.805. The van der Waals surface area contributed by atoms with Gasteiger partial charge in [0, 0.05) is 7.11 Å². The van der Waals surface area contributed by atoms with Crippen LogP contribution < -0.4 is 0 Å². The minimum atomic E-state index is -0.576. The normalized spacial score (nSPS) is 39.9. The van der Waals surface area contributed by atoms with Crippen LogP contribution in [0.2, 0.25) is 0 Å². The molecular formula is C13H26O3. The number of aliphatic hydroxyl groups excluding tert-OH is 1. The van der Waals surface area contributed by atoms with Gasteiger partial charge >= 0.3 is 0 Å². The molecule has 1 heterocycles. The Labute approximate surface area is 99.1 Å². The second-order valence-corrected chi connectivity index (χ2v) is 5.80. The van der Waals surface area contributed by atoms with Gasteiger partial charge in [-0.05, 0) is 25.2 Å². The molecule has 0 aromatic rings. The smallest absolute Gasteiger partial charge is 0.120 e. The largest absolute Gasteiger partial charge is 0.387 e. The zero-order chi connectivity index (χ0) is 12.5. The van der Waals surface area contributed by atoms with Crippen molar-refractivity contribution in [2.45, 2.75) is 65.0 Å². The van der Waals surface area contributed by atoms with E-state index >= 15 is 0 Å². The molecule has 0 amide bonds. The fourth-order valence-electron chi connectivity index (χ4n) is 2.64. The molecule has 1 aliphatic heterocycles. The number of hydrogen-bond donors (Lipinski definition) is 1. The maximum Gasteiger partial charge on any atom is 0.120 e. The first kappa shape index (κ1) is 13.9. The highest BCUT2D eigenvalue weighted by Gasteiger charge is 2.54. The first-order valence-electron chi connectivity index (χ1n) is 6.21. The molecular weight excluding hydrogens is 204 g/mol. The van der Waals surface area contributed by atoms with Gasteiger partial charge in [0.05, 0.1) is 12.2 Å². The number of aliphatic hydroxyl groups is 1. The Morgan fingerprint density at radius 2 is 1.88 bits per heavy atom. The van der Waals surface area contributed by atoms with E-state index in [2.05, 4.69) is 27.7 Å².